The van der Waals surface area contributed by atoms with Crippen molar-refractivity contribution in [2.45, 2.75) is 45.4 Å². The largest absolute Gasteiger partial charge is 0.327 e. The van der Waals surface area contributed by atoms with E-state index in [1.165, 1.54) is 29.0 Å². The third-order valence-corrected chi connectivity index (χ3v) is 6.86. The Morgan fingerprint density at radius 1 is 1.07 bits per heavy atom. The fourth-order valence-electron chi connectivity index (χ4n) is 4.28. The first-order chi connectivity index (χ1) is 13.6. The molecule has 6 heteroatoms. The van der Waals surface area contributed by atoms with E-state index in [0.29, 0.717) is 12.1 Å². The van der Waals surface area contributed by atoms with E-state index in [-0.39, 0.29) is 11.8 Å². The molecule has 0 bridgehead atoms. The van der Waals surface area contributed by atoms with Gasteiger partial charge in [-0.25, -0.2) is 0 Å². The fraction of sp³-hybridized carbons (Fsp3) is 0.455. The molecule has 1 saturated heterocycles. The second kappa shape index (κ2) is 8.45. The molecule has 2 aliphatic rings. The number of aryl methyl sites for hydroxylation is 2. The molecule has 1 aliphatic heterocycles. The molecule has 148 valence electrons. The maximum Gasteiger partial charge on any atom is 0.280 e. The molecule has 1 aliphatic carbocycles. The first-order valence-electron chi connectivity index (χ1n) is 10.3. The molecule has 0 atom stereocenters. The monoisotopic (exact) mass is 398 g/mol. The van der Waals surface area contributed by atoms with Crippen molar-refractivity contribution in [3.05, 3.63) is 45.8 Å². The number of amides is 2. The molecule has 1 aromatic heterocycles. The van der Waals surface area contributed by atoms with Crippen LogP contribution >= 0.6 is 11.3 Å². The highest BCUT2D eigenvalue weighted by Gasteiger charge is 2.28. The van der Waals surface area contributed by atoms with Gasteiger partial charge in [0, 0.05) is 10.6 Å². The Bertz CT molecular complexity index is 884. The quantitative estimate of drug-likeness (QED) is 0.725. The Labute approximate surface area is 170 Å². The molecule has 5 nitrogen and oxygen atoms in total. The number of benzene rings is 1. The minimum atomic E-state index is -0.120. The van der Waals surface area contributed by atoms with Crippen molar-refractivity contribution < 1.29 is 14.5 Å². The van der Waals surface area contributed by atoms with Gasteiger partial charge >= 0.3 is 0 Å². The summed E-state index contributed by atoms with van der Waals surface area (Å²) in [6.07, 6.45) is 6.65. The summed E-state index contributed by atoms with van der Waals surface area (Å²) < 4.78 is 0. The zero-order chi connectivity index (χ0) is 19.5. The highest BCUT2D eigenvalue weighted by Crippen LogP contribution is 2.39. The van der Waals surface area contributed by atoms with E-state index < -0.39 is 0 Å². The first kappa shape index (κ1) is 19.2. The molecule has 28 heavy (non-hydrogen) atoms. The predicted octanol–water partition coefficient (Wildman–Crippen LogP) is 2.80. The molecule has 2 aromatic rings. The van der Waals surface area contributed by atoms with Crippen molar-refractivity contribution in [1.82, 2.24) is 0 Å². The van der Waals surface area contributed by atoms with Crippen LogP contribution in [-0.4, -0.2) is 31.4 Å². The molecule has 1 fully saturated rings. The van der Waals surface area contributed by atoms with E-state index in [2.05, 4.69) is 10.6 Å². The number of piperidine rings is 1. The second-order valence-corrected chi connectivity index (χ2v) is 9.03. The average molecular weight is 399 g/mol. The van der Waals surface area contributed by atoms with Crippen molar-refractivity contribution in [3.63, 3.8) is 0 Å². The van der Waals surface area contributed by atoms with Crippen LogP contribution in [0.2, 0.25) is 0 Å². The Morgan fingerprint density at radius 3 is 2.68 bits per heavy atom. The lowest BCUT2D eigenvalue weighted by Crippen LogP contribution is -3.13. The van der Waals surface area contributed by atoms with Gasteiger partial charge in [-0.15, -0.1) is 11.3 Å². The maximum atomic E-state index is 13.1. The normalized spacial score (nSPS) is 16.6. The molecule has 0 saturated carbocycles. The minimum absolute atomic E-state index is 0.0152. The van der Waals surface area contributed by atoms with E-state index in [1.54, 1.807) is 11.3 Å². The predicted molar refractivity (Wildman–Crippen MR) is 114 cm³/mol. The molecule has 0 unspecified atom stereocenters. The van der Waals surface area contributed by atoms with Gasteiger partial charge in [0.2, 0.25) is 0 Å². The molecule has 3 N–H and O–H groups in total. The van der Waals surface area contributed by atoms with Gasteiger partial charge in [0.25, 0.3) is 11.8 Å². The van der Waals surface area contributed by atoms with Crippen LogP contribution in [0.25, 0.3) is 0 Å². The SMILES string of the molecule is Cc1cccc(NC(=O)c2c(NC(=O)C[NH+]3CCCCC3)sc3c2CCC3)c1. The lowest BCUT2D eigenvalue weighted by molar-refractivity contribution is -0.896. The zero-order valence-electron chi connectivity index (χ0n) is 16.4. The number of anilines is 2. The number of fused-ring (bicyclic) bond motifs is 1. The van der Waals surface area contributed by atoms with Crippen LogP contribution in [0.4, 0.5) is 10.7 Å². The summed E-state index contributed by atoms with van der Waals surface area (Å²) in [5.74, 6) is -0.105. The third kappa shape index (κ3) is 4.28. The standard InChI is InChI=1S/C22H27N3O2S/c1-15-7-5-8-16(13-15)23-21(27)20-17-9-6-10-18(17)28-22(20)24-19(26)14-25-11-3-2-4-12-25/h5,7-8,13H,2-4,6,9-12,14H2,1H3,(H,23,27)(H,24,26)/p+1. The van der Waals surface area contributed by atoms with Gasteiger partial charge in [0.05, 0.1) is 18.7 Å². The molecule has 2 amide bonds. The molecular weight excluding hydrogens is 370 g/mol. The van der Waals surface area contributed by atoms with Gasteiger partial charge in [-0.3, -0.25) is 9.59 Å². The number of carbonyl (C=O) groups is 2. The Morgan fingerprint density at radius 2 is 1.89 bits per heavy atom. The van der Waals surface area contributed by atoms with Crippen molar-refractivity contribution >= 4 is 33.8 Å². The smallest absolute Gasteiger partial charge is 0.280 e. The summed E-state index contributed by atoms with van der Waals surface area (Å²) >= 11 is 1.58. The first-order valence-corrected chi connectivity index (χ1v) is 11.1. The van der Waals surface area contributed by atoms with Gasteiger partial charge in [-0.1, -0.05) is 12.1 Å². The van der Waals surface area contributed by atoms with E-state index in [1.807, 2.05) is 31.2 Å². The number of quaternary nitrogens is 1. The number of hydrogen-bond acceptors (Lipinski definition) is 3. The Kier molecular flexibility index (Phi) is 5.78. The van der Waals surface area contributed by atoms with Crippen molar-refractivity contribution in [1.29, 1.82) is 0 Å². The van der Waals surface area contributed by atoms with Crippen LogP contribution in [0.1, 0.15) is 52.0 Å². The fourth-order valence-corrected chi connectivity index (χ4v) is 5.58. The average Bonchev–Trinajstić information content (AvgIpc) is 3.23. The van der Waals surface area contributed by atoms with Gasteiger partial charge in [0.1, 0.15) is 5.00 Å². The third-order valence-electron chi connectivity index (χ3n) is 5.65. The molecule has 1 aromatic carbocycles. The van der Waals surface area contributed by atoms with Crippen molar-refractivity contribution in [3.8, 4) is 0 Å². The van der Waals surface area contributed by atoms with E-state index in [9.17, 15) is 9.59 Å². The van der Waals surface area contributed by atoms with E-state index in [0.717, 1.165) is 54.2 Å². The lowest BCUT2D eigenvalue weighted by Gasteiger charge is -2.22. The number of thiophene rings is 1. The van der Waals surface area contributed by atoms with Crippen LogP contribution in [0, 0.1) is 6.92 Å². The van der Waals surface area contributed by atoms with Gasteiger partial charge < -0.3 is 15.5 Å². The van der Waals surface area contributed by atoms with Gasteiger partial charge in [0.15, 0.2) is 6.54 Å². The van der Waals surface area contributed by atoms with Crippen LogP contribution in [-0.2, 0) is 17.6 Å². The summed E-state index contributed by atoms with van der Waals surface area (Å²) in [4.78, 5) is 28.3. The van der Waals surface area contributed by atoms with Crippen molar-refractivity contribution in [2.24, 2.45) is 0 Å². The maximum absolute atomic E-state index is 13.1. The topological polar surface area (TPSA) is 62.6 Å². The summed E-state index contributed by atoms with van der Waals surface area (Å²) in [6.45, 7) is 4.62. The number of carbonyl (C=O) groups excluding carboxylic acids is 2. The highest BCUT2D eigenvalue weighted by molar-refractivity contribution is 7.17. The van der Waals surface area contributed by atoms with E-state index in [4.69, 9.17) is 0 Å². The summed E-state index contributed by atoms with van der Waals surface area (Å²) in [6, 6.07) is 7.80. The zero-order valence-corrected chi connectivity index (χ0v) is 17.2. The lowest BCUT2D eigenvalue weighted by atomic mass is 10.1. The summed E-state index contributed by atoms with van der Waals surface area (Å²) in [5, 5.41) is 6.80. The molecule has 0 radical (unpaired) electrons. The van der Waals surface area contributed by atoms with E-state index >= 15 is 0 Å². The Hall–Kier alpha value is -2.18. The summed E-state index contributed by atoms with van der Waals surface area (Å²) in [5.41, 5.74) is 3.68. The van der Waals surface area contributed by atoms with Gasteiger partial charge in [-0.05, 0) is 68.7 Å². The van der Waals surface area contributed by atoms with Crippen LogP contribution < -0.4 is 15.5 Å². The molecular formula is C22H28N3O2S+. The van der Waals surface area contributed by atoms with Crippen LogP contribution in [0.15, 0.2) is 24.3 Å². The second-order valence-electron chi connectivity index (χ2n) is 7.92. The van der Waals surface area contributed by atoms with Crippen LogP contribution in [0.5, 0.6) is 0 Å². The number of nitrogens with one attached hydrogen (secondary N) is 3. The number of rotatable bonds is 5. The van der Waals surface area contributed by atoms with Crippen LogP contribution in [0.3, 0.4) is 0 Å². The highest BCUT2D eigenvalue weighted by atomic mass is 32.1. The van der Waals surface area contributed by atoms with Crippen molar-refractivity contribution in [2.75, 3.05) is 30.3 Å². The Balaban J connectivity index is 1.51. The molecule has 0 spiro atoms. The number of hydrogen-bond donors (Lipinski definition) is 3. The molecule has 4 rings (SSSR count). The number of likely N-dealkylation sites (tertiary alicyclic amines) is 1. The van der Waals surface area contributed by atoms with Gasteiger partial charge in [-0.2, -0.15) is 0 Å². The minimum Gasteiger partial charge on any atom is -0.327 e. The summed E-state index contributed by atoms with van der Waals surface area (Å²) in [7, 11) is 0. The molecule has 2 heterocycles.